The van der Waals surface area contributed by atoms with E-state index in [1.54, 1.807) is 26.8 Å². The van der Waals surface area contributed by atoms with Crippen LogP contribution in [0.1, 0.15) is 30.6 Å². The van der Waals surface area contributed by atoms with Crippen LogP contribution in [0, 0.1) is 5.92 Å². The van der Waals surface area contributed by atoms with E-state index in [1.165, 1.54) is 0 Å². The van der Waals surface area contributed by atoms with Gasteiger partial charge in [-0.15, -0.1) is 0 Å². The number of likely N-dealkylation sites (tertiary alicyclic amines) is 1. The molecule has 7 heteroatoms. The maximum absolute atomic E-state index is 12.7. The Morgan fingerprint density at radius 3 is 2.15 bits per heavy atom. The van der Waals surface area contributed by atoms with Gasteiger partial charge in [-0.2, -0.15) is 0 Å². The molecule has 0 spiro atoms. The molecule has 2 fully saturated rings. The minimum atomic E-state index is -0.251. The molecule has 0 N–H and O–H groups in total. The molecule has 2 heterocycles. The number of rotatable bonds is 3. The molecule has 3 amide bonds. The van der Waals surface area contributed by atoms with Crippen molar-refractivity contribution in [2.24, 2.45) is 5.92 Å². The zero-order valence-electron chi connectivity index (χ0n) is 15.2. The maximum Gasteiger partial charge on any atom is 0.253 e. The standard InChI is InChI=1S/C19H24BrN3O3/c1-13(2)23-12-15(11-17(23)24)19(26)22-9-7-21(8-10-22)18(25)14-3-5-16(20)6-4-14/h3-6,13,15H,7-12H2,1-2H3. The van der Waals surface area contributed by atoms with Crippen molar-refractivity contribution in [3.05, 3.63) is 34.3 Å². The second-order valence-electron chi connectivity index (χ2n) is 7.17. The quantitative estimate of drug-likeness (QED) is 0.749. The fourth-order valence-electron chi connectivity index (χ4n) is 3.56. The van der Waals surface area contributed by atoms with Crippen LogP contribution < -0.4 is 0 Å². The molecule has 0 saturated carbocycles. The zero-order chi connectivity index (χ0) is 18.8. The van der Waals surface area contributed by atoms with Crippen molar-refractivity contribution < 1.29 is 14.4 Å². The fraction of sp³-hybridized carbons (Fsp3) is 0.526. The van der Waals surface area contributed by atoms with E-state index in [-0.39, 0.29) is 29.7 Å². The van der Waals surface area contributed by atoms with Crippen LogP contribution in [0.2, 0.25) is 0 Å². The summed E-state index contributed by atoms with van der Waals surface area (Å²) in [7, 11) is 0. The lowest BCUT2D eigenvalue weighted by Crippen LogP contribution is -2.52. The van der Waals surface area contributed by atoms with Crippen LogP contribution in [0.25, 0.3) is 0 Å². The molecule has 0 aliphatic carbocycles. The first-order valence-electron chi connectivity index (χ1n) is 9.00. The van der Waals surface area contributed by atoms with E-state index in [0.717, 1.165) is 4.47 Å². The van der Waals surface area contributed by atoms with Crippen molar-refractivity contribution in [3.63, 3.8) is 0 Å². The zero-order valence-corrected chi connectivity index (χ0v) is 16.7. The first-order valence-corrected chi connectivity index (χ1v) is 9.79. The highest BCUT2D eigenvalue weighted by atomic mass is 79.9. The summed E-state index contributed by atoms with van der Waals surface area (Å²) in [5, 5.41) is 0. The summed E-state index contributed by atoms with van der Waals surface area (Å²) in [6.07, 6.45) is 0.301. The normalized spacial score (nSPS) is 20.8. The average Bonchev–Trinajstić information content (AvgIpc) is 3.03. The highest BCUT2D eigenvalue weighted by molar-refractivity contribution is 9.10. The van der Waals surface area contributed by atoms with Crippen molar-refractivity contribution in [1.29, 1.82) is 0 Å². The molecular formula is C19H24BrN3O3. The SMILES string of the molecule is CC(C)N1CC(C(=O)N2CCN(C(=O)c3ccc(Br)cc3)CC2)CC1=O. The number of carbonyl (C=O) groups is 3. The monoisotopic (exact) mass is 421 g/mol. The first kappa shape index (κ1) is 18.9. The predicted octanol–water partition coefficient (Wildman–Crippen LogP) is 1.99. The van der Waals surface area contributed by atoms with Gasteiger partial charge in [0.2, 0.25) is 11.8 Å². The van der Waals surface area contributed by atoms with Crippen LogP contribution in [0.4, 0.5) is 0 Å². The Morgan fingerprint density at radius 2 is 1.62 bits per heavy atom. The van der Waals surface area contributed by atoms with Gasteiger partial charge in [0.15, 0.2) is 0 Å². The van der Waals surface area contributed by atoms with Gasteiger partial charge in [-0.1, -0.05) is 15.9 Å². The predicted molar refractivity (Wildman–Crippen MR) is 102 cm³/mol. The van der Waals surface area contributed by atoms with Gasteiger partial charge in [0.1, 0.15) is 0 Å². The van der Waals surface area contributed by atoms with Gasteiger partial charge in [0.25, 0.3) is 5.91 Å². The number of benzene rings is 1. The Labute approximate surface area is 162 Å². The minimum absolute atomic E-state index is 0.00775. The van der Waals surface area contributed by atoms with E-state index < -0.39 is 0 Å². The van der Waals surface area contributed by atoms with Gasteiger partial charge in [0, 0.05) is 55.2 Å². The number of hydrogen-bond acceptors (Lipinski definition) is 3. The van der Waals surface area contributed by atoms with E-state index >= 15 is 0 Å². The summed E-state index contributed by atoms with van der Waals surface area (Å²) < 4.78 is 0.936. The number of hydrogen-bond donors (Lipinski definition) is 0. The molecule has 1 aromatic carbocycles. The average molecular weight is 422 g/mol. The molecule has 0 radical (unpaired) electrons. The van der Waals surface area contributed by atoms with Gasteiger partial charge in [-0.05, 0) is 38.1 Å². The van der Waals surface area contributed by atoms with Gasteiger partial charge in [0.05, 0.1) is 5.92 Å². The van der Waals surface area contributed by atoms with Crippen molar-refractivity contribution in [2.45, 2.75) is 26.3 Å². The lowest BCUT2D eigenvalue weighted by Gasteiger charge is -2.36. The highest BCUT2D eigenvalue weighted by Crippen LogP contribution is 2.23. The van der Waals surface area contributed by atoms with E-state index in [2.05, 4.69) is 15.9 Å². The lowest BCUT2D eigenvalue weighted by atomic mass is 10.1. The van der Waals surface area contributed by atoms with Crippen molar-refractivity contribution in [1.82, 2.24) is 14.7 Å². The number of piperazine rings is 1. The molecule has 26 heavy (non-hydrogen) atoms. The largest absolute Gasteiger partial charge is 0.339 e. The summed E-state index contributed by atoms with van der Waals surface area (Å²) in [6, 6.07) is 7.43. The second-order valence-corrected chi connectivity index (χ2v) is 8.08. The Balaban J connectivity index is 1.55. The first-order chi connectivity index (χ1) is 12.4. The van der Waals surface area contributed by atoms with Crippen LogP contribution in [0.15, 0.2) is 28.7 Å². The summed E-state index contributed by atoms with van der Waals surface area (Å²) in [6.45, 7) is 6.53. The number of nitrogens with zero attached hydrogens (tertiary/aromatic N) is 3. The van der Waals surface area contributed by atoms with Crippen molar-refractivity contribution >= 4 is 33.7 Å². The molecule has 6 nitrogen and oxygen atoms in total. The van der Waals surface area contributed by atoms with Crippen molar-refractivity contribution in [3.8, 4) is 0 Å². The van der Waals surface area contributed by atoms with Gasteiger partial charge < -0.3 is 14.7 Å². The fourth-order valence-corrected chi connectivity index (χ4v) is 3.82. The maximum atomic E-state index is 12.7. The molecule has 1 unspecified atom stereocenters. The Hall–Kier alpha value is -1.89. The smallest absolute Gasteiger partial charge is 0.253 e. The molecule has 0 bridgehead atoms. The third-order valence-electron chi connectivity index (χ3n) is 5.10. The summed E-state index contributed by atoms with van der Waals surface area (Å²) in [5.41, 5.74) is 0.655. The number of halogens is 1. The van der Waals surface area contributed by atoms with Crippen LogP contribution in [-0.4, -0.2) is 71.2 Å². The molecule has 2 aliphatic heterocycles. The molecule has 2 saturated heterocycles. The summed E-state index contributed by atoms with van der Waals surface area (Å²) >= 11 is 3.37. The van der Waals surface area contributed by atoms with Gasteiger partial charge in [-0.3, -0.25) is 14.4 Å². The van der Waals surface area contributed by atoms with Crippen LogP contribution >= 0.6 is 15.9 Å². The Kier molecular flexibility index (Phi) is 5.65. The summed E-state index contributed by atoms with van der Waals surface area (Å²) in [4.78, 5) is 42.7. The molecule has 3 rings (SSSR count). The number of carbonyl (C=O) groups excluding carboxylic acids is 3. The highest BCUT2D eigenvalue weighted by Gasteiger charge is 2.38. The molecule has 2 aliphatic rings. The van der Waals surface area contributed by atoms with Crippen LogP contribution in [-0.2, 0) is 9.59 Å². The Morgan fingerprint density at radius 1 is 1.04 bits per heavy atom. The van der Waals surface area contributed by atoms with Gasteiger partial charge >= 0.3 is 0 Å². The number of amides is 3. The van der Waals surface area contributed by atoms with Gasteiger partial charge in [-0.25, -0.2) is 0 Å². The lowest BCUT2D eigenvalue weighted by molar-refractivity contribution is -0.137. The topological polar surface area (TPSA) is 60.9 Å². The van der Waals surface area contributed by atoms with Crippen LogP contribution in [0.3, 0.4) is 0 Å². The Bertz CT molecular complexity index is 696. The van der Waals surface area contributed by atoms with Crippen LogP contribution in [0.5, 0.6) is 0 Å². The van der Waals surface area contributed by atoms with Crippen molar-refractivity contribution in [2.75, 3.05) is 32.7 Å². The molecule has 0 aromatic heterocycles. The molecule has 1 aromatic rings. The molecular weight excluding hydrogens is 398 g/mol. The molecule has 1 atom stereocenters. The minimum Gasteiger partial charge on any atom is -0.339 e. The third-order valence-corrected chi connectivity index (χ3v) is 5.63. The second kappa shape index (κ2) is 7.78. The van der Waals surface area contributed by atoms with E-state index in [4.69, 9.17) is 0 Å². The van der Waals surface area contributed by atoms with E-state index in [1.807, 2.05) is 26.0 Å². The van der Waals surface area contributed by atoms with E-state index in [0.29, 0.717) is 44.7 Å². The van der Waals surface area contributed by atoms with E-state index in [9.17, 15) is 14.4 Å². The summed E-state index contributed by atoms with van der Waals surface area (Å²) in [5.74, 6) is -0.162. The third kappa shape index (κ3) is 3.92. The molecule has 140 valence electrons.